The van der Waals surface area contributed by atoms with Gasteiger partial charge in [-0.25, -0.2) is 4.99 Å². The van der Waals surface area contributed by atoms with Crippen LogP contribution in [0.25, 0.3) is 10.4 Å². The number of methoxy groups -OCH3 is 2. The van der Waals surface area contributed by atoms with Crippen LogP contribution in [0.4, 0.5) is 0 Å². The fraction of sp³-hybridized carbons (Fsp3) is 0.278. The van der Waals surface area contributed by atoms with Gasteiger partial charge in [0.25, 0.3) is 5.91 Å². The number of aliphatic hydroxyl groups excluding tert-OH is 1. The van der Waals surface area contributed by atoms with Crippen molar-refractivity contribution in [2.24, 2.45) is 10.1 Å². The van der Waals surface area contributed by atoms with E-state index in [1.165, 1.54) is 0 Å². The highest BCUT2D eigenvalue weighted by molar-refractivity contribution is 6.01. The largest absolute Gasteiger partial charge is 0.497 e. The molecule has 0 aliphatic carbocycles. The van der Waals surface area contributed by atoms with Crippen LogP contribution in [0, 0.1) is 0 Å². The molecule has 11 nitrogen and oxygen atoms in total. The van der Waals surface area contributed by atoms with Gasteiger partial charge in [0.1, 0.15) is 17.2 Å². The monoisotopic (exact) mass is 635 g/mol. The standard InChI is InChI=1S/C36H37N5O6/c1-44-31-18-15-29(32(21-31)45-2)23-38-35(43)36(22-27-11-6-7-12-28(27)24-39-41-37)33(25-9-4-3-5-10-25)47-34(40-36)26-13-16-30(17-14-26)46-20-8-19-42/h3-7,9-18,21,33,42H,8,19-20,22-24H2,1-2H3,(H,38,43)/t33-,36-/m1/s1. The number of azide groups is 1. The molecule has 11 heteroatoms. The van der Waals surface area contributed by atoms with E-state index < -0.39 is 11.6 Å². The zero-order chi connectivity index (χ0) is 33.1. The van der Waals surface area contributed by atoms with Crippen LogP contribution in [0.1, 0.15) is 40.3 Å². The molecule has 1 heterocycles. The third kappa shape index (κ3) is 7.66. The Morgan fingerprint density at radius 1 is 0.957 bits per heavy atom. The van der Waals surface area contributed by atoms with E-state index >= 15 is 0 Å². The molecule has 242 valence electrons. The summed E-state index contributed by atoms with van der Waals surface area (Å²) in [6, 6.07) is 29.8. The predicted molar refractivity (Wildman–Crippen MR) is 178 cm³/mol. The topological polar surface area (TPSA) is 147 Å². The highest BCUT2D eigenvalue weighted by Crippen LogP contribution is 2.43. The molecule has 0 aromatic heterocycles. The summed E-state index contributed by atoms with van der Waals surface area (Å²) < 4.78 is 23.2. The minimum Gasteiger partial charge on any atom is -0.497 e. The molecule has 0 bridgehead atoms. The summed E-state index contributed by atoms with van der Waals surface area (Å²) in [6.07, 6.45) is -0.0944. The Hall–Kier alpha value is -5.51. The average molecular weight is 636 g/mol. The maximum atomic E-state index is 14.7. The van der Waals surface area contributed by atoms with E-state index in [0.29, 0.717) is 41.7 Å². The van der Waals surface area contributed by atoms with Crippen molar-refractivity contribution >= 4 is 11.8 Å². The first-order chi connectivity index (χ1) is 23.0. The number of nitrogens with one attached hydrogen (secondary N) is 1. The molecule has 0 spiro atoms. The molecule has 1 aliphatic heterocycles. The van der Waals surface area contributed by atoms with Crippen LogP contribution in [0.15, 0.2) is 107 Å². The number of carbonyl (C=O) groups is 1. The van der Waals surface area contributed by atoms with E-state index in [-0.39, 0.29) is 32.0 Å². The van der Waals surface area contributed by atoms with Gasteiger partial charge in [0.15, 0.2) is 11.6 Å². The van der Waals surface area contributed by atoms with E-state index in [0.717, 1.165) is 22.3 Å². The number of benzene rings is 4. The molecule has 4 aromatic carbocycles. The number of aliphatic imine (C=N–C) groups is 1. The lowest BCUT2D eigenvalue weighted by molar-refractivity contribution is -0.129. The van der Waals surface area contributed by atoms with Crippen molar-refractivity contribution < 1.29 is 28.8 Å². The van der Waals surface area contributed by atoms with Gasteiger partial charge in [0, 0.05) is 48.1 Å². The predicted octanol–water partition coefficient (Wildman–Crippen LogP) is 6.09. The number of rotatable bonds is 15. The minimum absolute atomic E-state index is 0.0466. The summed E-state index contributed by atoms with van der Waals surface area (Å²) in [6.45, 7) is 0.727. The number of aliphatic hydroxyl groups is 1. The van der Waals surface area contributed by atoms with Crippen molar-refractivity contribution in [3.8, 4) is 17.2 Å². The Bertz CT molecular complexity index is 1740. The van der Waals surface area contributed by atoms with Gasteiger partial charge < -0.3 is 29.4 Å². The van der Waals surface area contributed by atoms with Crippen molar-refractivity contribution in [1.82, 2.24) is 5.32 Å². The van der Waals surface area contributed by atoms with Crippen LogP contribution >= 0.6 is 0 Å². The Kier molecular flexibility index (Phi) is 11.0. The third-order valence-electron chi connectivity index (χ3n) is 7.95. The van der Waals surface area contributed by atoms with E-state index in [2.05, 4.69) is 15.3 Å². The van der Waals surface area contributed by atoms with Crippen molar-refractivity contribution in [2.75, 3.05) is 27.4 Å². The van der Waals surface area contributed by atoms with Gasteiger partial charge in [0.05, 0.1) is 27.4 Å². The molecule has 4 aromatic rings. The molecule has 0 fully saturated rings. The summed E-state index contributed by atoms with van der Waals surface area (Å²) in [4.78, 5) is 22.7. The van der Waals surface area contributed by atoms with Gasteiger partial charge in [-0.1, -0.05) is 59.7 Å². The van der Waals surface area contributed by atoms with Crippen molar-refractivity contribution in [2.45, 2.75) is 37.6 Å². The summed E-state index contributed by atoms with van der Waals surface area (Å²) in [5.41, 5.74) is 11.4. The average Bonchev–Trinajstić information content (AvgIpc) is 3.51. The maximum absolute atomic E-state index is 14.7. The molecule has 0 saturated carbocycles. The molecule has 2 N–H and O–H groups in total. The molecule has 0 unspecified atom stereocenters. The van der Waals surface area contributed by atoms with Gasteiger partial charge in [-0.3, -0.25) is 4.79 Å². The lowest BCUT2D eigenvalue weighted by Gasteiger charge is -2.31. The van der Waals surface area contributed by atoms with Crippen molar-refractivity contribution in [1.29, 1.82) is 0 Å². The number of hydrogen-bond acceptors (Lipinski definition) is 8. The third-order valence-corrected chi connectivity index (χ3v) is 7.95. The zero-order valence-electron chi connectivity index (χ0n) is 26.3. The SMILES string of the molecule is COc1ccc(CNC(=O)[C@]2(Cc3ccccc3CN=[N+]=[N-])N=C(c3ccc(OCCCO)cc3)O[C@@H]2c2ccccc2)c(OC)c1. The number of nitrogens with zero attached hydrogens (tertiary/aromatic N) is 4. The summed E-state index contributed by atoms with van der Waals surface area (Å²) in [5, 5.41) is 16.0. The number of hydrogen-bond donors (Lipinski definition) is 2. The Balaban J connectivity index is 1.58. The van der Waals surface area contributed by atoms with Crippen LogP contribution in [0.3, 0.4) is 0 Å². The molecular formula is C36H37N5O6. The quantitative estimate of drug-likeness (QED) is 0.0699. The number of amides is 1. The first kappa shape index (κ1) is 32.9. The minimum atomic E-state index is -1.45. The van der Waals surface area contributed by atoms with Gasteiger partial charge in [0.2, 0.25) is 5.90 Å². The summed E-state index contributed by atoms with van der Waals surface area (Å²) in [5.74, 6) is 1.82. The Morgan fingerprint density at radius 2 is 1.68 bits per heavy atom. The van der Waals surface area contributed by atoms with E-state index in [1.807, 2.05) is 78.9 Å². The fourth-order valence-corrected chi connectivity index (χ4v) is 5.52. The Labute approximate surface area is 273 Å². The highest BCUT2D eigenvalue weighted by atomic mass is 16.5. The molecule has 5 rings (SSSR count). The first-order valence-corrected chi connectivity index (χ1v) is 15.2. The lowest BCUT2D eigenvalue weighted by atomic mass is 9.81. The van der Waals surface area contributed by atoms with Crippen LogP contribution in [0.2, 0.25) is 0 Å². The molecule has 1 aliphatic rings. The number of ether oxygens (including phenoxy) is 4. The summed E-state index contributed by atoms with van der Waals surface area (Å²) in [7, 11) is 3.15. The van der Waals surface area contributed by atoms with Gasteiger partial charge >= 0.3 is 0 Å². The van der Waals surface area contributed by atoms with E-state index in [9.17, 15) is 4.79 Å². The van der Waals surface area contributed by atoms with Crippen LogP contribution in [0.5, 0.6) is 17.2 Å². The second-order valence-electron chi connectivity index (χ2n) is 10.9. The molecule has 0 saturated heterocycles. The fourth-order valence-electron chi connectivity index (χ4n) is 5.52. The highest BCUT2D eigenvalue weighted by Gasteiger charge is 2.53. The molecular weight excluding hydrogens is 598 g/mol. The molecule has 2 atom stereocenters. The normalized spacial score (nSPS) is 16.7. The van der Waals surface area contributed by atoms with Crippen molar-refractivity contribution in [3.63, 3.8) is 0 Å². The first-order valence-electron chi connectivity index (χ1n) is 15.2. The van der Waals surface area contributed by atoms with E-state index in [1.54, 1.807) is 32.4 Å². The van der Waals surface area contributed by atoms with Gasteiger partial charge in [-0.15, -0.1) is 0 Å². The van der Waals surface area contributed by atoms with Gasteiger partial charge in [-0.05, 0) is 58.6 Å². The zero-order valence-corrected chi connectivity index (χ0v) is 26.3. The molecule has 47 heavy (non-hydrogen) atoms. The number of carbonyl (C=O) groups excluding carboxylic acids is 1. The Morgan fingerprint density at radius 3 is 2.38 bits per heavy atom. The van der Waals surface area contributed by atoms with Crippen LogP contribution in [-0.2, 0) is 29.0 Å². The second-order valence-corrected chi connectivity index (χ2v) is 10.9. The smallest absolute Gasteiger partial charge is 0.252 e. The maximum Gasteiger partial charge on any atom is 0.252 e. The summed E-state index contributed by atoms with van der Waals surface area (Å²) >= 11 is 0. The van der Waals surface area contributed by atoms with Crippen LogP contribution in [-0.4, -0.2) is 49.9 Å². The van der Waals surface area contributed by atoms with Crippen LogP contribution < -0.4 is 19.5 Å². The van der Waals surface area contributed by atoms with Crippen molar-refractivity contribution in [3.05, 3.63) is 135 Å². The molecule has 1 amide bonds. The lowest BCUT2D eigenvalue weighted by Crippen LogP contribution is -2.49. The molecule has 0 radical (unpaired) electrons. The van der Waals surface area contributed by atoms with Gasteiger partial charge in [-0.2, -0.15) is 0 Å². The second kappa shape index (κ2) is 15.7. The van der Waals surface area contributed by atoms with E-state index in [4.69, 9.17) is 34.6 Å².